The summed E-state index contributed by atoms with van der Waals surface area (Å²) in [6.07, 6.45) is 16.2. The maximum atomic E-state index is 13.4. The minimum absolute atomic E-state index is 0.160. The maximum Gasteiger partial charge on any atom is 0.339 e. The molecular weight excluding hydrogens is 460 g/mol. The number of fused-ring (bicyclic) bond motifs is 2. The highest BCUT2D eigenvalue weighted by Crippen LogP contribution is 2.30. The molecule has 0 heterocycles. The molecule has 0 saturated carbocycles. The van der Waals surface area contributed by atoms with Gasteiger partial charge in [0.25, 0.3) is 0 Å². The molecule has 0 bridgehead atoms. The summed E-state index contributed by atoms with van der Waals surface area (Å²) in [6, 6.07) is 17.6. The minimum atomic E-state index is -0.935. The van der Waals surface area contributed by atoms with Crippen molar-refractivity contribution in [3.05, 3.63) is 60.2 Å². The van der Waals surface area contributed by atoms with Gasteiger partial charge in [-0.05, 0) is 40.5 Å². The van der Waals surface area contributed by atoms with Gasteiger partial charge in [-0.3, -0.25) is 4.79 Å². The lowest BCUT2D eigenvalue weighted by Gasteiger charge is -2.18. The Labute approximate surface area is 222 Å². The number of unbranched alkanes of at least 4 members (excludes halogenated alkanes) is 12. The molecular formula is C33H44O4. The highest BCUT2D eigenvalue weighted by atomic mass is 16.5. The van der Waals surface area contributed by atoms with Crippen LogP contribution in [0.1, 0.15) is 114 Å². The van der Waals surface area contributed by atoms with Crippen LogP contribution in [0.3, 0.4) is 0 Å². The Bertz CT molecular complexity index is 1070. The molecule has 1 N–H and O–H groups in total. The highest BCUT2D eigenvalue weighted by molar-refractivity contribution is 6.16. The Kier molecular flexibility index (Phi) is 12.5. The first kappa shape index (κ1) is 28.7. The zero-order chi connectivity index (χ0) is 26.3. The van der Waals surface area contributed by atoms with E-state index in [4.69, 9.17) is 4.74 Å². The van der Waals surface area contributed by atoms with Crippen LogP contribution < -0.4 is 0 Å². The number of carbonyl (C=O) groups excluding carboxylic acids is 1. The zero-order valence-electron chi connectivity index (χ0n) is 22.6. The van der Waals surface area contributed by atoms with Crippen LogP contribution in [0.2, 0.25) is 0 Å². The first-order valence-electron chi connectivity index (χ1n) is 14.4. The normalized spacial score (nSPS) is 12.1. The molecule has 0 saturated heterocycles. The Morgan fingerprint density at radius 2 is 1.16 bits per heavy atom. The van der Waals surface area contributed by atoms with Crippen molar-refractivity contribution >= 4 is 33.5 Å². The molecule has 3 rings (SSSR count). The number of carbonyl (C=O) groups is 2. The van der Waals surface area contributed by atoms with Gasteiger partial charge in [0.05, 0.1) is 12.0 Å². The van der Waals surface area contributed by atoms with Crippen LogP contribution in [0.25, 0.3) is 21.5 Å². The van der Waals surface area contributed by atoms with Crippen molar-refractivity contribution in [1.82, 2.24) is 0 Å². The number of carboxylic acids is 1. The number of esters is 1. The smallest absolute Gasteiger partial charge is 0.339 e. The van der Waals surface area contributed by atoms with E-state index in [-0.39, 0.29) is 6.42 Å². The van der Waals surface area contributed by atoms with Gasteiger partial charge in [0.2, 0.25) is 0 Å². The fraction of sp³-hybridized carbons (Fsp3) is 0.515. The molecule has 0 radical (unpaired) electrons. The molecule has 0 amide bonds. The molecule has 1 unspecified atom stereocenters. The quantitative estimate of drug-likeness (QED) is 0.106. The van der Waals surface area contributed by atoms with Crippen LogP contribution in [0.4, 0.5) is 0 Å². The third-order valence-electron chi connectivity index (χ3n) is 7.28. The molecule has 3 aromatic carbocycles. The SMILES string of the molecule is CCCCCCCCCCCCCCCC(CC(=O)O)OC(=O)c1c2ccccc2cc2ccccc12. The molecule has 0 aliphatic carbocycles. The van der Waals surface area contributed by atoms with Gasteiger partial charge in [0.1, 0.15) is 6.10 Å². The van der Waals surface area contributed by atoms with E-state index >= 15 is 0 Å². The standard InChI is InChI=1S/C33H44O4/c1-2-3-4-5-6-7-8-9-10-11-12-13-14-21-28(25-31(34)35)37-33(36)32-29-22-17-15-19-26(29)24-27-20-16-18-23-30(27)32/h15-20,22-24,28H,2-14,21,25H2,1H3,(H,34,35). The van der Waals surface area contributed by atoms with Crippen molar-refractivity contribution in [2.24, 2.45) is 0 Å². The lowest BCUT2D eigenvalue weighted by Crippen LogP contribution is -2.22. The number of carboxylic acid groups (broad SMARTS) is 1. The van der Waals surface area contributed by atoms with Gasteiger partial charge in [-0.25, -0.2) is 4.79 Å². The van der Waals surface area contributed by atoms with E-state index in [1.807, 2.05) is 48.5 Å². The van der Waals surface area contributed by atoms with Gasteiger partial charge in [0, 0.05) is 0 Å². The fourth-order valence-corrected chi connectivity index (χ4v) is 5.23. The number of hydrogen-bond acceptors (Lipinski definition) is 3. The Morgan fingerprint density at radius 3 is 1.65 bits per heavy atom. The summed E-state index contributed by atoms with van der Waals surface area (Å²) in [4.78, 5) is 24.9. The molecule has 0 fully saturated rings. The molecule has 0 spiro atoms. The first-order valence-corrected chi connectivity index (χ1v) is 14.4. The monoisotopic (exact) mass is 504 g/mol. The minimum Gasteiger partial charge on any atom is -0.481 e. The molecule has 0 aliphatic rings. The third kappa shape index (κ3) is 9.50. The molecule has 0 aliphatic heterocycles. The predicted octanol–water partition coefficient (Wildman–Crippen LogP) is 9.47. The lowest BCUT2D eigenvalue weighted by molar-refractivity contribution is -0.139. The van der Waals surface area contributed by atoms with E-state index in [1.165, 1.54) is 64.2 Å². The van der Waals surface area contributed by atoms with Crippen molar-refractivity contribution < 1.29 is 19.4 Å². The second-order valence-corrected chi connectivity index (χ2v) is 10.4. The van der Waals surface area contributed by atoms with Crippen molar-refractivity contribution in [3.8, 4) is 0 Å². The summed E-state index contributed by atoms with van der Waals surface area (Å²) >= 11 is 0. The highest BCUT2D eigenvalue weighted by Gasteiger charge is 2.22. The molecule has 200 valence electrons. The van der Waals surface area contributed by atoms with E-state index in [0.717, 1.165) is 40.8 Å². The molecule has 4 heteroatoms. The van der Waals surface area contributed by atoms with Crippen LogP contribution in [0.15, 0.2) is 54.6 Å². The predicted molar refractivity (Wildman–Crippen MR) is 153 cm³/mol. The van der Waals surface area contributed by atoms with E-state index in [0.29, 0.717) is 12.0 Å². The summed E-state index contributed by atoms with van der Waals surface area (Å²) < 4.78 is 5.85. The van der Waals surface area contributed by atoms with Crippen molar-refractivity contribution in [1.29, 1.82) is 0 Å². The van der Waals surface area contributed by atoms with Crippen LogP contribution in [-0.4, -0.2) is 23.1 Å². The number of ether oxygens (including phenoxy) is 1. The zero-order valence-corrected chi connectivity index (χ0v) is 22.6. The number of benzene rings is 3. The van der Waals surface area contributed by atoms with Crippen LogP contribution in [-0.2, 0) is 9.53 Å². The number of hydrogen-bond donors (Lipinski definition) is 1. The van der Waals surface area contributed by atoms with Crippen molar-refractivity contribution in [2.45, 2.75) is 109 Å². The summed E-state index contributed by atoms with van der Waals surface area (Å²) in [7, 11) is 0. The van der Waals surface area contributed by atoms with Crippen molar-refractivity contribution in [2.75, 3.05) is 0 Å². The Balaban J connectivity index is 1.46. The number of aliphatic carboxylic acids is 1. The molecule has 4 nitrogen and oxygen atoms in total. The second kappa shape index (κ2) is 16.1. The Morgan fingerprint density at radius 1 is 0.703 bits per heavy atom. The van der Waals surface area contributed by atoms with E-state index < -0.39 is 18.0 Å². The number of rotatable bonds is 18. The van der Waals surface area contributed by atoms with Gasteiger partial charge >= 0.3 is 11.9 Å². The molecule has 1 atom stereocenters. The van der Waals surface area contributed by atoms with Crippen LogP contribution in [0.5, 0.6) is 0 Å². The van der Waals surface area contributed by atoms with Gasteiger partial charge in [0.15, 0.2) is 0 Å². The van der Waals surface area contributed by atoms with E-state index in [2.05, 4.69) is 13.0 Å². The summed E-state index contributed by atoms with van der Waals surface area (Å²) in [5, 5.41) is 13.0. The average Bonchev–Trinajstić information content (AvgIpc) is 2.89. The maximum absolute atomic E-state index is 13.4. The van der Waals surface area contributed by atoms with E-state index in [9.17, 15) is 14.7 Å². The van der Waals surface area contributed by atoms with Crippen LogP contribution >= 0.6 is 0 Å². The van der Waals surface area contributed by atoms with E-state index in [1.54, 1.807) is 0 Å². The summed E-state index contributed by atoms with van der Waals surface area (Å²) in [6.45, 7) is 2.26. The summed E-state index contributed by atoms with van der Waals surface area (Å²) in [5.74, 6) is -1.37. The van der Waals surface area contributed by atoms with Gasteiger partial charge in [-0.1, -0.05) is 133 Å². The second-order valence-electron chi connectivity index (χ2n) is 10.4. The largest absolute Gasteiger partial charge is 0.481 e. The lowest BCUT2D eigenvalue weighted by atomic mass is 9.96. The van der Waals surface area contributed by atoms with Crippen LogP contribution in [0, 0.1) is 0 Å². The first-order chi connectivity index (χ1) is 18.1. The summed E-state index contributed by atoms with van der Waals surface area (Å²) in [5.41, 5.74) is 0.523. The van der Waals surface area contributed by atoms with Gasteiger partial charge in [-0.2, -0.15) is 0 Å². The third-order valence-corrected chi connectivity index (χ3v) is 7.28. The molecule has 37 heavy (non-hydrogen) atoms. The fourth-order valence-electron chi connectivity index (χ4n) is 5.23. The Hall–Kier alpha value is -2.88. The van der Waals surface area contributed by atoms with Gasteiger partial charge < -0.3 is 9.84 Å². The van der Waals surface area contributed by atoms with Gasteiger partial charge in [-0.15, -0.1) is 0 Å². The molecule has 3 aromatic rings. The molecule has 0 aromatic heterocycles. The van der Waals surface area contributed by atoms with Crippen molar-refractivity contribution in [3.63, 3.8) is 0 Å². The topological polar surface area (TPSA) is 63.6 Å². The average molecular weight is 505 g/mol.